The summed E-state index contributed by atoms with van der Waals surface area (Å²) in [6.07, 6.45) is 3.95. The molecule has 0 unspecified atom stereocenters. The minimum Gasteiger partial charge on any atom is -0.273 e. The predicted octanol–water partition coefficient (Wildman–Crippen LogP) is 2.29. The Bertz CT molecular complexity index is 456. The Balaban J connectivity index is 1.88. The van der Waals surface area contributed by atoms with E-state index in [4.69, 9.17) is 11.6 Å². The van der Waals surface area contributed by atoms with Gasteiger partial charge in [0.15, 0.2) is 0 Å². The first kappa shape index (κ1) is 12.9. The highest BCUT2D eigenvalue weighted by molar-refractivity contribution is 6.33. The summed E-state index contributed by atoms with van der Waals surface area (Å²) < 4.78 is 0. The van der Waals surface area contributed by atoms with Crippen LogP contribution in [0.5, 0.6) is 0 Å². The van der Waals surface area contributed by atoms with Crippen LogP contribution in [0.1, 0.15) is 36.0 Å². The minimum absolute atomic E-state index is 0.0246. The number of hydrazine groups is 1. The van der Waals surface area contributed by atoms with Crippen LogP contribution in [0.25, 0.3) is 0 Å². The van der Waals surface area contributed by atoms with E-state index in [2.05, 4.69) is 10.9 Å². The molecule has 2 rings (SSSR count). The lowest BCUT2D eigenvalue weighted by Crippen LogP contribution is -2.44. The SMILES string of the molecule is O=C(NNC(=O)C1CCCC1)c1ccccc1Cl. The Hall–Kier alpha value is -1.55. The third kappa shape index (κ3) is 3.01. The molecule has 0 heterocycles. The lowest BCUT2D eigenvalue weighted by Gasteiger charge is -2.11. The van der Waals surface area contributed by atoms with Gasteiger partial charge in [-0.25, -0.2) is 0 Å². The average Bonchev–Trinajstić information content (AvgIpc) is 2.90. The van der Waals surface area contributed by atoms with Crippen molar-refractivity contribution in [1.29, 1.82) is 0 Å². The number of hydrogen-bond acceptors (Lipinski definition) is 2. The van der Waals surface area contributed by atoms with Crippen molar-refractivity contribution in [2.75, 3.05) is 0 Å². The molecule has 1 saturated carbocycles. The molecule has 1 aromatic carbocycles. The molecule has 4 nitrogen and oxygen atoms in total. The molecule has 1 aliphatic carbocycles. The van der Waals surface area contributed by atoms with Crippen LogP contribution in [0, 0.1) is 5.92 Å². The first-order chi connectivity index (χ1) is 8.68. The van der Waals surface area contributed by atoms with E-state index < -0.39 is 5.91 Å². The highest BCUT2D eigenvalue weighted by Gasteiger charge is 2.23. The van der Waals surface area contributed by atoms with Gasteiger partial charge in [-0.3, -0.25) is 20.4 Å². The average molecular weight is 267 g/mol. The second-order valence-electron chi connectivity index (χ2n) is 4.40. The van der Waals surface area contributed by atoms with E-state index in [1.54, 1.807) is 24.3 Å². The lowest BCUT2D eigenvalue weighted by atomic mass is 10.1. The number of hydrogen-bond donors (Lipinski definition) is 2. The van der Waals surface area contributed by atoms with E-state index in [1.807, 2.05) is 0 Å². The van der Waals surface area contributed by atoms with Crippen molar-refractivity contribution >= 4 is 23.4 Å². The van der Waals surface area contributed by atoms with Crippen LogP contribution < -0.4 is 10.9 Å². The van der Waals surface area contributed by atoms with Crippen molar-refractivity contribution in [3.05, 3.63) is 34.9 Å². The monoisotopic (exact) mass is 266 g/mol. The normalized spacial score (nSPS) is 15.4. The van der Waals surface area contributed by atoms with E-state index in [0.29, 0.717) is 10.6 Å². The summed E-state index contributed by atoms with van der Waals surface area (Å²) in [6.45, 7) is 0. The van der Waals surface area contributed by atoms with Crippen molar-refractivity contribution in [3.8, 4) is 0 Å². The van der Waals surface area contributed by atoms with Gasteiger partial charge in [0, 0.05) is 5.92 Å². The fourth-order valence-corrected chi connectivity index (χ4v) is 2.34. The lowest BCUT2D eigenvalue weighted by molar-refractivity contribution is -0.125. The molecule has 2 amide bonds. The number of carbonyl (C=O) groups is 2. The van der Waals surface area contributed by atoms with Crippen LogP contribution in [0.4, 0.5) is 0 Å². The quantitative estimate of drug-likeness (QED) is 0.807. The second-order valence-corrected chi connectivity index (χ2v) is 4.81. The Morgan fingerprint density at radius 2 is 1.78 bits per heavy atom. The summed E-state index contributed by atoms with van der Waals surface area (Å²) in [6, 6.07) is 6.71. The maximum atomic E-state index is 11.8. The van der Waals surface area contributed by atoms with Gasteiger partial charge >= 0.3 is 0 Å². The van der Waals surface area contributed by atoms with E-state index in [1.165, 1.54) is 0 Å². The topological polar surface area (TPSA) is 58.2 Å². The third-order valence-electron chi connectivity index (χ3n) is 3.14. The van der Waals surface area contributed by atoms with Gasteiger partial charge in [-0.2, -0.15) is 0 Å². The zero-order valence-electron chi connectivity index (χ0n) is 9.91. The van der Waals surface area contributed by atoms with Crippen molar-refractivity contribution in [2.45, 2.75) is 25.7 Å². The van der Waals surface area contributed by atoms with Gasteiger partial charge in [0.25, 0.3) is 5.91 Å². The Kier molecular flexibility index (Phi) is 4.20. The molecular weight excluding hydrogens is 252 g/mol. The molecule has 1 aromatic rings. The summed E-state index contributed by atoms with van der Waals surface area (Å²) in [5, 5.41) is 0.366. The number of halogens is 1. The Labute approximate surface area is 111 Å². The highest BCUT2D eigenvalue weighted by Crippen LogP contribution is 2.24. The van der Waals surface area contributed by atoms with Crippen molar-refractivity contribution in [2.24, 2.45) is 5.92 Å². The van der Waals surface area contributed by atoms with Crippen LogP contribution >= 0.6 is 11.6 Å². The van der Waals surface area contributed by atoms with Crippen LogP contribution in [-0.2, 0) is 4.79 Å². The number of benzene rings is 1. The van der Waals surface area contributed by atoms with E-state index in [9.17, 15) is 9.59 Å². The van der Waals surface area contributed by atoms with E-state index >= 15 is 0 Å². The summed E-state index contributed by atoms with van der Waals surface area (Å²) in [5.74, 6) is -0.489. The largest absolute Gasteiger partial charge is 0.273 e. The number of carbonyl (C=O) groups excluding carboxylic acids is 2. The minimum atomic E-state index is -0.396. The van der Waals surface area contributed by atoms with Gasteiger partial charge in [-0.15, -0.1) is 0 Å². The number of amides is 2. The van der Waals surface area contributed by atoms with Crippen LogP contribution in [0.3, 0.4) is 0 Å². The first-order valence-corrected chi connectivity index (χ1v) is 6.41. The molecule has 0 bridgehead atoms. The van der Waals surface area contributed by atoms with Gasteiger partial charge in [0.2, 0.25) is 5.91 Å². The molecule has 96 valence electrons. The zero-order valence-corrected chi connectivity index (χ0v) is 10.7. The molecule has 0 aliphatic heterocycles. The van der Waals surface area contributed by atoms with Gasteiger partial charge in [0.05, 0.1) is 10.6 Å². The van der Waals surface area contributed by atoms with Gasteiger partial charge in [0.1, 0.15) is 0 Å². The maximum Gasteiger partial charge on any atom is 0.271 e. The first-order valence-electron chi connectivity index (χ1n) is 6.03. The number of nitrogens with one attached hydrogen (secondary N) is 2. The molecule has 0 atom stereocenters. The van der Waals surface area contributed by atoms with Crippen LogP contribution in [0.15, 0.2) is 24.3 Å². The molecule has 18 heavy (non-hydrogen) atoms. The van der Waals surface area contributed by atoms with Gasteiger partial charge in [-0.05, 0) is 25.0 Å². The summed E-state index contributed by atoms with van der Waals surface area (Å²) >= 11 is 5.89. The second kappa shape index (κ2) is 5.87. The van der Waals surface area contributed by atoms with Crippen molar-refractivity contribution in [3.63, 3.8) is 0 Å². The van der Waals surface area contributed by atoms with Crippen LogP contribution in [-0.4, -0.2) is 11.8 Å². The highest BCUT2D eigenvalue weighted by atomic mass is 35.5. The Morgan fingerprint density at radius 3 is 2.44 bits per heavy atom. The van der Waals surface area contributed by atoms with Crippen molar-refractivity contribution in [1.82, 2.24) is 10.9 Å². The summed E-state index contributed by atoms with van der Waals surface area (Å²) in [5.41, 5.74) is 5.20. The van der Waals surface area contributed by atoms with Crippen molar-refractivity contribution < 1.29 is 9.59 Å². The summed E-state index contributed by atoms with van der Waals surface area (Å²) in [4.78, 5) is 23.5. The molecule has 0 spiro atoms. The molecule has 0 aromatic heterocycles. The molecule has 0 radical (unpaired) electrons. The van der Waals surface area contributed by atoms with Gasteiger partial charge < -0.3 is 0 Å². The molecule has 2 N–H and O–H groups in total. The number of rotatable bonds is 2. The molecule has 5 heteroatoms. The maximum absolute atomic E-state index is 11.8. The molecule has 1 fully saturated rings. The predicted molar refractivity (Wildman–Crippen MR) is 69.0 cm³/mol. The fraction of sp³-hybridized carbons (Fsp3) is 0.385. The fourth-order valence-electron chi connectivity index (χ4n) is 2.12. The Morgan fingerprint density at radius 1 is 1.11 bits per heavy atom. The molecule has 0 saturated heterocycles. The van der Waals surface area contributed by atoms with E-state index in [-0.39, 0.29) is 11.8 Å². The zero-order chi connectivity index (χ0) is 13.0. The molecule has 1 aliphatic rings. The van der Waals surface area contributed by atoms with Crippen LogP contribution in [0.2, 0.25) is 5.02 Å². The smallest absolute Gasteiger partial charge is 0.271 e. The standard InChI is InChI=1S/C13H15ClN2O2/c14-11-8-4-3-7-10(11)13(18)16-15-12(17)9-5-1-2-6-9/h3-4,7-9H,1-2,5-6H2,(H,15,17)(H,16,18). The third-order valence-corrected chi connectivity index (χ3v) is 3.47. The van der Waals surface area contributed by atoms with Gasteiger partial charge in [-0.1, -0.05) is 36.6 Å². The van der Waals surface area contributed by atoms with E-state index in [0.717, 1.165) is 25.7 Å². The summed E-state index contributed by atoms with van der Waals surface area (Å²) in [7, 11) is 0. The molecular formula is C13H15ClN2O2.